The summed E-state index contributed by atoms with van der Waals surface area (Å²) in [5.74, 6) is -0.00309. The number of rotatable bonds is 13. The Kier molecular flexibility index (Phi) is 11.1. The smallest absolute Gasteiger partial charge is 0.253 e. The number of likely N-dealkylation sites (tertiary alicyclic amines) is 2. The first-order valence-electron chi connectivity index (χ1n) is 14.9. The van der Waals surface area contributed by atoms with Gasteiger partial charge in [-0.05, 0) is 74.9 Å². The average Bonchev–Trinajstić information content (AvgIpc) is 3.69. The van der Waals surface area contributed by atoms with E-state index < -0.39 is 0 Å². The first-order valence-corrected chi connectivity index (χ1v) is 14.9. The molecule has 0 aliphatic carbocycles. The van der Waals surface area contributed by atoms with Gasteiger partial charge >= 0.3 is 0 Å². The maximum Gasteiger partial charge on any atom is 0.253 e. The number of hydrogen-bond donors (Lipinski definition) is 2. The summed E-state index contributed by atoms with van der Waals surface area (Å²) in [6.45, 7) is 3.22. The summed E-state index contributed by atoms with van der Waals surface area (Å²) in [7, 11) is 0. The van der Waals surface area contributed by atoms with Crippen molar-refractivity contribution in [1.82, 2.24) is 9.80 Å². The molecule has 2 aliphatic heterocycles. The fourth-order valence-corrected chi connectivity index (χ4v) is 5.39. The molecule has 0 atom stereocenters. The molecule has 0 unspecified atom stereocenters. The second-order valence-electron chi connectivity index (χ2n) is 10.9. The minimum Gasteiger partial charge on any atom is -0.339 e. The molecule has 4 rings (SSSR count). The Labute approximate surface area is 237 Å². The van der Waals surface area contributed by atoms with Crippen LogP contribution in [-0.4, -0.2) is 59.6 Å². The topological polar surface area (TPSA) is 98.8 Å². The van der Waals surface area contributed by atoms with Gasteiger partial charge in [-0.25, -0.2) is 0 Å². The van der Waals surface area contributed by atoms with Gasteiger partial charge in [0, 0.05) is 61.5 Å². The Morgan fingerprint density at radius 1 is 0.550 bits per heavy atom. The van der Waals surface area contributed by atoms with E-state index in [0.29, 0.717) is 35.3 Å². The molecule has 8 heteroatoms. The standard InChI is InChI=1S/C32H42N4O4/c37-29(33-27-15-11-13-25(23-27)31(39)35-19-7-8-20-35)17-5-3-1-2-4-6-18-30(38)34-28-16-12-14-26(24-28)32(40)36-21-9-10-22-36/h11-16,23-24H,1-10,17-22H2,(H,33,37)(H,34,38). The summed E-state index contributed by atoms with van der Waals surface area (Å²) < 4.78 is 0. The largest absolute Gasteiger partial charge is 0.339 e. The molecule has 2 aromatic rings. The van der Waals surface area contributed by atoms with E-state index >= 15 is 0 Å². The zero-order valence-corrected chi connectivity index (χ0v) is 23.5. The lowest BCUT2D eigenvalue weighted by Crippen LogP contribution is -2.27. The van der Waals surface area contributed by atoms with Gasteiger partial charge in [-0.3, -0.25) is 19.2 Å². The summed E-state index contributed by atoms with van der Waals surface area (Å²) in [6.07, 6.45) is 10.7. The van der Waals surface area contributed by atoms with Crippen LogP contribution in [0.1, 0.15) is 97.8 Å². The number of nitrogens with one attached hydrogen (secondary N) is 2. The Hall–Kier alpha value is -3.68. The van der Waals surface area contributed by atoms with Crippen molar-refractivity contribution in [2.45, 2.75) is 77.0 Å². The van der Waals surface area contributed by atoms with Gasteiger partial charge < -0.3 is 20.4 Å². The lowest BCUT2D eigenvalue weighted by atomic mass is 10.1. The predicted molar refractivity (Wildman–Crippen MR) is 157 cm³/mol. The molecule has 40 heavy (non-hydrogen) atoms. The van der Waals surface area contributed by atoms with Crippen LogP contribution in [0.25, 0.3) is 0 Å². The van der Waals surface area contributed by atoms with Gasteiger partial charge in [-0.2, -0.15) is 0 Å². The van der Waals surface area contributed by atoms with E-state index in [1.54, 1.807) is 24.3 Å². The van der Waals surface area contributed by atoms with Crippen molar-refractivity contribution < 1.29 is 19.2 Å². The van der Waals surface area contributed by atoms with Crippen molar-refractivity contribution >= 4 is 35.0 Å². The summed E-state index contributed by atoms with van der Waals surface area (Å²) in [5, 5.41) is 5.84. The number of amides is 4. The number of nitrogens with zero attached hydrogens (tertiary/aromatic N) is 2. The SMILES string of the molecule is O=C(CCCCCCCCC(=O)Nc1cccc(C(=O)N2CCCC2)c1)Nc1cccc(C(=O)N2CCCC2)c1. The highest BCUT2D eigenvalue weighted by atomic mass is 16.2. The van der Waals surface area contributed by atoms with Gasteiger partial charge in [0.05, 0.1) is 0 Å². The van der Waals surface area contributed by atoms with E-state index in [9.17, 15) is 19.2 Å². The van der Waals surface area contributed by atoms with Crippen molar-refractivity contribution in [2.75, 3.05) is 36.8 Å². The Morgan fingerprint density at radius 2 is 0.925 bits per heavy atom. The number of hydrogen-bond acceptors (Lipinski definition) is 4. The van der Waals surface area contributed by atoms with Crippen molar-refractivity contribution in [2.24, 2.45) is 0 Å². The molecule has 0 saturated carbocycles. The zero-order valence-electron chi connectivity index (χ0n) is 23.5. The van der Waals surface area contributed by atoms with Crippen molar-refractivity contribution in [1.29, 1.82) is 0 Å². The molecular weight excluding hydrogens is 504 g/mol. The van der Waals surface area contributed by atoms with Crippen LogP contribution in [0.15, 0.2) is 48.5 Å². The second-order valence-corrected chi connectivity index (χ2v) is 10.9. The van der Waals surface area contributed by atoms with Crippen LogP contribution in [-0.2, 0) is 9.59 Å². The Morgan fingerprint density at radius 3 is 1.32 bits per heavy atom. The fourth-order valence-electron chi connectivity index (χ4n) is 5.39. The minimum absolute atomic E-state index is 0.0321. The normalized spacial score (nSPS) is 14.8. The number of unbranched alkanes of at least 4 members (excludes halogenated alkanes) is 5. The fraction of sp³-hybridized carbons (Fsp3) is 0.500. The van der Waals surface area contributed by atoms with Gasteiger partial charge in [0.1, 0.15) is 0 Å². The van der Waals surface area contributed by atoms with Crippen LogP contribution in [0, 0.1) is 0 Å². The third kappa shape index (κ3) is 8.93. The highest BCUT2D eigenvalue weighted by Crippen LogP contribution is 2.19. The Balaban J connectivity index is 1.05. The quantitative estimate of drug-likeness (QED) is 0.308. The van der Waals surface area contributed by atoms with Gasteiger partial charge in [-0.15, -0.1) is 0 Å². The monoisotopic (exact) mass is 546 g/mol. The third-order valence-corrected chi connectivity index (χ3v) is 7.63. The van der Waals surface area contributed by atoms with E-state index in [2.05, 4.69) is 10.6 Å². The van der Waals surface area contributed by atoms with Gasteiger partial charge in [0.25, 0.3) is 11.8 Å². The van der Waals surface area contributed by atoms with E-state index in [1.807, 2.05) is 34.1 Å². The molecule has 0 aromatic heterocycles. The zero-order chi connectivity index (χ0) is 28.2. The molecule has 0 radical (unpaired) electrons. The Bertz CT molecular complexity index is 1080. The van der Waals surface area contributed by atoms with E-state index in [-0.39, 0.29) is 23.6 Å². The molecule has 8 nitrogen and oxygen atoms in total. The van der Waals surface area contributed by atoms with Crippen LogP contribution in [0.5, 0.6) is 0 Å². The first-order chi connectivity index (χ1) is 19.5. The summed E-state index contributed by atoms with van der Waals surface area (Å²) in [4.78, 5) is 53.6. The van der Waals surface area contributed by atoms with Gasteiger partial charge in [0.2, 0.25) is 11.8 Å². The molecule has 2 N–H and O–H groups in total. The van der Waals surface area contributed by atoms with Crippen molar-refractivity contribution in [3.05, 3.63) is 59.7 Å². The van der Waals surface area contributed by atoms with Gasteiger partial charge in [-0.1, -0.05) is 37.8 Å². The number of carbonyl (C=O) groups excluding carboxylic acids is 4. The predicted octanol–water partition coefficient (Wildman–Crippen LogP) is 5.86. The van der Waals surface area contributed by atoms with E-state index in [0.717, 1.165) is 90.4 Å². The van der Waals surface area contributed by atoms with E-state index in [4.69, 9.17) is 0 Å². The molecule has 0 spiro atoms. The summed E-state index contributed by atoms with van der Waals surface area (Å²) in [6, 6.07) is 14.4. The second kappa shape index (κ2) is 15.2. The third-order valence-electron chi connectivity index (χ3n) is 7.63. The van der Waals surface area contributed by atoms with Crippen LogP contribution in [0.2, 0.25) is 0 Å². The molecule has 2 fully saturated rings. The van der Waals surface area contributed by atoms with Gasteiger partial charge in [0.15, 0.2) is 0 Å². The van der Waals surface area contributed by atoms with Crippen LogP contribution >= 0.6 is 0 Å². The maximum atomic E-state index is 12.6. The molecule has 2 aromatic carbocycles. The molecule has 214 valence electrons. The lowest BCUT2D eigenvalue weighted by Gasteiger charge is -2.15. The lowest BCUT2D eigenvalue weighted by molar-refractivity contribution is -0.117. The van der Waals surface area contributed by atoms with Crippen LogP contribution < -0.4 is 10.6 Å². The maximum absolute atomic E-state index is 12.6. The summed E-state index contributed by atoms with van der Waals surface area (Å²) in [5.41, 5.74) is 2.57. The molecule has 0 bridgehead atoms. The van der Waals surface area contributed by atoms with Crippen molar-refractivity contribution in [3.63, 3.8) is 0 Å². The number of anilines is 2. The summed E-state index contributed by atoms with van der Waals surface area (Å²) >= 11 is 0. The van der Waals surface area contributed by atoms with E-state index in [1.165, 1.54) is 0 Å². The van der Waals surface area contributed by atoms with Crippen molar-refractivity contribution in [3.8, 4) is 0 Å². The first kappa shape index (κ1) is 29.3. The molecular formula is C32H42N4O4. The molecule has 4 amide bonds. The average molecular weight is 547 g/mol. The highest BCUT2D eigenvalue weighted by Gasteiger charge is 2.20. The highest BCUT2D eigenvalue weighted by molar-refractivity contribution is 5.98. The molecule has 2 heterocycles. The van der Waals surface area contributed by atoms with Crippen LogP contribution in [0.3, 0.4) is 0 Å². The minimum atomic E-state index is -0.0337. The van der Waals surface area contributed by atoms with Crippen LogP contribution in [0.4, 0.5) is 11.4 Å². The number of benzene rings is 2. The number of carbonyl (C=O) groups is 4. The molecule has 2 aliphatic rings. The molecule has 2 saturated heterocycles.